The van der Waals surface area contributed by atoms with Gasteiger partial charge < -0.3 is 20.6 Å². The molecule has 0 heterocycles. The Morgan fingerprint density at radius 1 is 1.20 bits per heavy atom. The molecule has 20 heavy (non-hydrogen) atoms. The quantitative estimate of drug-likeness (QED) is 0.629. The predicted octanol–water partition coefficient (Wildman–Crippen LogP) is 1.72. The van der Waals surface area contributed by atoms with Crippen LogP contribution in [-0.4, -0.2) is 33.2 Å². The molecule has 0 aliphatic carbocycles. The fourth-order valence-electron chi connectivity index (χ4n) is 1.65. The van der Waals surface area contributed by atoms with Crippen molar-refractivity contribution in [2.75, 3.05) is 0 Å². The summed E-state index contributed by atoms with van der Waals surface area (Å²) in [5, 5.41) is 30.1. The zero-order chi connectivity index (χ0) is 15.5. The van der Waals surface area contributed by atoms with E-state index in [1.807, 2.05) is 20.8 Å². The first kappa shape index (κ1) is 15.8. The lowest BCUT2D eigenvalue weighted by Gasteiger charge is -2.30. The number of nitrogens with one attached hydrogen (secondary N) is 1. The number of carboxylic acid groups (broad SMARTS) is 1. The monoisotopic (exact) mass is 281 g/mol. The van der Waals surface area contributed by atoms with Crippen LogP contribution < -0.4 is 5.32 Å². The zero-order valence-corrected chi connectivity index (χ0v) is 11.7. The summed E-state index contributed by atoms with van der Waals surface area (Å²) in [4.78, 5) is 22.9. The molecule has 0 aromatic heterocycles. The van der Waals surface area contributed by atoms with Crippen molar-refractivity contribution in [3.8, 4) is 11.5 Å². The van der Waals surface area contributed by atoms with Crippen LogP contribution in [0.25, 0.3) is 0 Å². The highest BCUT2D eigenvalue weighted by molar-refractivity contribution is 5.95. The number of aliphatic carboxylic acids is 1. The number of carboxylic acids is 1. The Morgan fingerprint density at radius 3 is 2.25 bits per heavy atom. The van der Waals surface area contributed by atoms with Gasteiger partial charge >= 0.3 is 5.97 Å². The molecule has 110 valence electrons. The molecule has 4 N–H and O–H groups in total. The van der Waals surface area contributed by atoms with Crippen molar-refractivity contribution in [3.05, 3.63) is 23.8 Å². The highest BCUT2D eigenvalue weighted by atomic mass is 16.4. The van der Waals surface area contributed by atoms with E-state index in [2.05, 4.69) is 5.32 Å². The Labute approximate surface area is 117 Å². The minimum absolute atomic E-state index is 0.153. The first-order chi connectivity index (χ1) is 9.11. The van der Waals surface area contributed by atoms with Crippen molar-refractivity contribution < 1.29 is 24.9 Å². The molecule has 1 rings (SSSR count). The molecule has 0 radical (unpaired) electrons. The smallest absolute Gasteiger partial charge is 0.305 e. The third-order valence-corrected chi connectivity index (χ3v) is 2.97. The number of hydrogen-bond donors (Lipinski definition) is 4. The van der Waals surface area contributed by atoms with Crippen LogP contribution >= 0.6 is 0 Å². The first-order valence-corrected chi connectivity index (χ1v) is 6.16. The summed E-state index contributed by atoms with van der Waals surface area (Å²) < 4.78 is 0. The Morgan fingerprint density at radius 2 is 1.80 bits per heavy atom. The summed E-state index contributed by atoms with van der Waals surface area (Å²) in [7, 11) is 0. The average Bonchev–Trinajstić information content (AvgIpc) is 2.30. The highest BCUT2D eigenvalue weighted by Crippen LogP contribution is 2.26. The SMILES string of the molecule is CC(C)(C)C(CC(=O)O)NC(=O)c1ccc(O)c(O)c1. The van der Waals surface area contributed by atoms with Gasteiger partial charge in [-0.1, -0.05) is 20.8 Å². The standard InChI is InChI=1S/C14H19NO5/c1-14(2,3)11(7-12(18)19)15-13(20)8-4-5-9(16)10(17)6-8/h4-6,11,16-17H,7H2,1-3H3,(H,15,20)(H,18,19). The molecular formula is C14H19NO5. The van der Waals surface area contributed by atoms with Gasteiger partial charge in [-0.3, -0.25) is 9.59 Å². The normalized spacial score (nSPS) is 12.8. The van der Waals surface area contributed by atoms with Gasteiger partial charge in [0.15, 0.2) is 11.5 Å². The van der Waals surface area contributed by atoms with Gasteiger partial charge in [0.05, 0.1) is 6.42 Å². The van der Waals surface area contributed by atoms with E-state index in [1.165, 1.54) is 12.1 Å². The Kier molecular flexibility index (Phi) is 4.60. The minimum atomic E-state index is -1.00. The molecule has 0 fully saturated rings. The molecular weight excluding hydrogens is 262 g/mol. The largest absolute Gasteiger partial charge is 0.504 e. The molecule has 0 saturated heterocycles. The molecule has 0 aliphatic heterocycles. The fourth-order valence-corrected chi connectivity index (χ4v) is 1.65. The Hall–Kier alpha value is -2.24. The number of phenolic OH excluding ortho intramolecular Hbond substituents is 2. The summed E-state index contributed by atoms with van der Waals surface area (Å²) in [6, 6.07) is 3.13. The Bertz CT molecular complexity index is 519. The van der Waals surface area contributed by atoms with Crippen molar-refractivity contribution in [1.82, 2.24) is 5.32 Å². The van der Waals surface area contributed by atoms with E-state index in [1.54, 1.807) is 0 Å². The third kappa shape index (κ3) is 4.15. The van der Waals surface area contributed by atoms with Gasteiger partial charge in [-0.15, -0.1) is 0 Å². The van der Waals surface area contributed by atoms with Crippen LogP contribution in [0.15, 0.2) is 18.2 Å². The second kappa shape index (κ2) is 5.81. The van der Waals surface area contributed by atoms with Gasteiger partial charge in [-0.25, -0.2) is 0 Å². The van der Waals surface area contributed by atoms with Gasteiger partial charge in [-0.05, 0) is 23.6 Å². The van der Waals surface area contributed by atoms with Crippen molar-refractivity contribution in [1.29, 1.82) is 0 Å². The lowest BCUT2D eigenvalue weighted by Crippen LogP contribution is -2.45. The fraction of sp³-hybridized carbons (Fsp3) is 0.429. The minimum Gasteiger partial charge on any atom is -0.504 e. The lowest BCUT2D eigenvalue weighted by atomic mass is 9.84. The second-order valence-corrected chi connectivity index (χ2v) is 5.69. The molecule has 1 aromatic rings. The van der Waals surface area contributed by atoms with Crippen molar-refractivity contribution in [2.24, 2.45) is 5.41 Å². The van der Waals surface area contributed by atoms with Crippen molar-refractivity contribution in [2.45, 2.75) is 33.2 Å². The van der Waals surface area contributed by atoms with Crippen LogP contribution in [0.2, 0.25) is 0 Å². The number of carbonyl (C=O) groups excluding carboxylic acids is 1. The molecule has 1 amide bonds. The maximum atomic E-state index is 12.0. The predicted molar refractivity (Wildman–Crippen MR) is 72.7 cm³/mol. The van der Waals surface area contributed by atoms with E-state index in [0.29, 0.717) is 0 Å². The van der Waals surface area contributed by atoms with Gasteiger partial charge in [0.2, 0.25) is 0 Å². The summed E-state index contributed by atoms with van der Waals surface area (Å²) in [5.41, 5.74) is -0.271. The lowest BCUT2D eigenvalue weighted by molar-refractivity contribution is -0.138. The van der Waals surface area contributed by atoms with Crippen LogP contribution in [0.5, 0.6) is 11.5 Å². The van der Waals surface area contributed by atoms with Crippen LogP contribution in [0.3, 0.4) is 0 Å². The van der Waals surface area contributed by atoms with E-state index >= 15 is 0 Å². The number of rotatable bonds is 4. The van der Waals surface area contributed by atoms with Gasteiger partial charge in [0.25, 0.3) is 5.91 Å². The van der Waals surface area contributed by atoms with E-state index in [-0.39, 0.29) is 17.7 Å². The topological polar surface area (TPSA) is 107 Å². The summed E-state index contributed by atoms with van der Waals surface area (Å²) in [6.45, 7) is 5.49. The molecule has 6 heteroatoms. The van der Waals surface area contributed by atoms with E-state index < -0.39 is 29.1 Å². The van der Waals surface area contributed by atoms with Gasteiger partial charge in [0, 0.05) is 11.6 Å². The number of amides is 1. The van der Waals surface area contributed by atoms with Gasteiger partial charge in [0.1, 0.15) is 0 Å². The molecule has 1 aromatic carbocycles. The van der Waals surface area contributed by atoms with E-state index in [0.717, 1.165) is 6.07 Å². The zero-order valence-electron chi connectivity index (χ0n) is 11.7. The van der Waals surface area contributed by atoms with Crippen molar-refractivity contribution in [3.63, 3.8) is 0 Å². The highest BCUT2D eigenvalue weighted by Gasteiger charge is 2.28. The summed E-state index contributed by atoms with van der Waals surface area (Å²) in [6.07, 6.45) is -0.195. The maximum absolute atomic E-state index is 12.0. The molecule has 6 nitrogen and oxygen atoms in total. The number of benzene rings is 1. The van der Waals surface area contributed by atoms with Crippen LogP contribution in [-0.2, 0) is 4.79 Å². The molecule has 1 atom stereocenters. The maximum Gasteiger partial charge on any atom is 0.305 e. The number of phenols is 2. The van der Waals surface area contributed by atoms with Crippen molar-refractivity contribution >= 4 is 11.9 Å². The molecule has 0 spiro atoms. The number of aromatic hydroxyl groups is 2. The summed E-state index contributed by atoms with van der Waals surface area (Å²) in [5.74, 6) is -2.22. The van der Waals surface area contributed by atoms with E-state index in [4.69, 9.17) is 5.11 Å². The number of hydrogen-bond acceptors (Lipinski definition) is 4. The molecule has 0 bridgehead atoms. The third-order valence-electron chi connectivity index (χ3n) is 2.97. The Balaban J connectivity index is 2.90. The number of carbonyl (C=O) groups is 2. The molecule has 0 aliphatic rings. The van der Waals surface area contributed by atoms with Crippen LogP contribution in [0.1, 0.15) is 37.6 Å². The van der Waals surface area contributed by atoms with Crippen LogP contribution in [0.4, 0.5) is 0 Å². The van der Waals surface area contributed by atoms with Crippen LogP contribution in [0, 0.1) is 5.41 Å². The molecule has 1 unspecified atom stereocenters. The summed E-state index contributed by atoms with van der Waals surface area (Å²) >= 11 is 0. The van der Waals surface area contributed by atoms with Gasteiger partial charge in [-0.2, -0.15) is 0 Å². The van der Waals surface area contributed by atoms with E-state index in [9.17, 15) is 19.8 Å². The molecule has 0 saturated carbocycles. The average molecular weight is 281 g/mol. The second-order valence-electron chi connectivity index (χ2n) is 5.69. The first-order valence-electron chi connectivity index (χ1n) is 6.16.